The smallest absolute Gasteiger partial charge is 0.387 e. The van der Waals surface area contributed by atoms with Crippen LogP contribution in [0.1, 0.15) is 16.1 Å². The third-order valence-electron chi connectivity index (χ3n) is 4.22. The number of carbonyl (C=O) groups excluding carboxylic acids is 1. The molecular weight excluding hydrogens is 451 g/mol. The Balaban J connectivity index is 1.90. The van der Waals surface area contributed by atoms with Crippen LogP contribution in [0.4, 0.5) is 27.6 Å². The Morgan fingerprint density at radius 2 is 2.03 bits per heavy atom. The van der Waals surface area contributed by atoms with E-state index in [1.54, 1.807) is 0 Å². The fourth-order valence-electron chi connectivity index (χ4n) is 2.88. The number of amides is 1. The van der Waals surface area contributed by atoms with Gasteiger partial charge in [-0.1, -0.05) is 11.6 Å². The van der Waals surface area contributed by atoms with Gasteiger partial charge in [-0.05, 0) is 18.2 Å². The highest BCUT2D eigenvalue weighted by Gasteiger charge is 2.46. The van der Waals surface area contributed by atoms with Crippen molar-refractivity contribution in [2.24, 2.45) is 10.7 Å². The van der Waals surface area contributed by atoms with E-state index in [2.05, 4.69) is 20.0 Å². The standard InChI is InChI=1S/C18H14ClF5N4O3/c19-11-4-9(31-17(23)24)5-26-14(11)15(29)27-8-1-2-12(20)10(3-8)18(16(21)22)7-30-6-13(25)28-18/h1-5,16-17H,6-7H2,(H2,25,28)(H,27,29)/t18-/m0/s1. The molecule has 0 aliphatic carbocycles. The van der Waals surface area contributed by atoms with Gasteiger partial charge in [0, 0.05) is 17.3 Å². The lowest BCUT2D eigenvalue weighted by molar-refractivity contribution is -0.0500. The number of aromatic nitrogens is 1. The Labute approximate surface area is 177 Å². The molecule has 0 unspecified atom stereocenters. The van der Waals surface area contributed by atoms with Crippen molar-refractivity contribution >= 4 is 29.0 Å². The highest BCUT2D eigenvalue weighted by atomic mass is 35.5. The molecule has 0 radical (unpaired) electrons. The average Bonchev–Trinajstić information content (AvgIpc) is 2.68. The fourth-order valence-corrected chi connectivity index (χ4v) is 3.12. The molecule has 166 valence electrons. The number of halogens is 6. The van der Waals surface area contributed by atoms with Crippen molar-refractivity contribution < 1.29 is 36.2 Å². The molecule has 1 aromatic carbocycles. The quantitative estimate of drug-likeness (QED) is 0.637. The van der Waals surface area contributed by atoms with Crippen molar-refractivity contribution in [2.75, 3.05) is 18.5 Å². The van der Waals surface area contributed by atoms with Crippen LogP contribution in [0, 0.1) is 5.82 Å². The highest BCUT2D eigenvalue weighted by molar-refractivity contribution is 6.34. The molecule has 1 aliphatic heterocycles. The van der Waals surface area contributed by atoms with Crippen LogP contribution in [0.5, 0.6) is 5.75 Å². The van der Waals surface area contributed by atoms with E-state index in [9.17, 15) is 26.7 Å². The topological polar surface area (TPSA) is 98.8 Å². The fraction of sp³-hybridized carbons (Fsp3) is 0.278. The first-order valence-electron chi connectivity index (χ1n) is 8.54. The molecule has 0 saturated heterocycles. The highest BCUT2D eigenvalue weighted by Crippen LogP contribution is 2.38. The van der Waals surface area contributed by atoms with E-state index in [0.29, 0.717) is 0 Å². The van der Waals surface area contributed by atoms with Gasteiger partial charge in [0.25, 0.3) is 12.3 Å². The second-order valence-electron chi connectivity index (χ2n) is 6.35. The minimum absolute atomic E-state index is 0.0773. The summed E-state index contributed by atoms with van der Waals surface area (Å²) in [6.45, 7) is -3.92. The first kappa shape index (κ1) is 22.7. The molecular formula is C18H14ClF5N4O3. The largest absolute Gasteiger partial charge is 0.433 e. The van der Waals surface area contributed by atoms with E-state index in [1.165, 1.54) is 0 Å². The van der Waals surface area contributed by atoms with Gasteiger partial charge < -0.3 is 20.5 Å². The normalized spacial score (nSPS) is 18.8. The van der Waals surface area contributed by atoms with Gasteiger partial charge in [-0.2, -0.15) is 8.78 Å². The number of amidine groups is 1. The summed E-state index contributed by atoms with van der Waals surface area (Å²) >= 11 is 5.88. The molecule has 2 heterocycles. The Kier molecular flexibility index (Phi) is 6.60. The van der Waals surface area contributed by atoms with Crippen LogP contribution >= 0.6 is 11.6 Å². The maximum Gasteiger partial charge on any atom is 0.387 e. The number of hydrogen-bond donors (Lipinski definition) is 2. The van der Waals surface area contributed by atoms with E-state index in [1.807, 2.05) is 0 Å². The maximum absolute atomic E-state index is 14.4. The number of nitrogens with one attached hydrogen (secondary N) is 1. The summed E-state index contributed by atoms with van der Waals surface area (Å²) in [6, 6.07) is 3.90. The van der Waals surface area contributed by atoms with E-state index < -0.39 is 42.5 Å². The number of pyridine rings is 1. The third kappa shape index (κ3) is 4.85. The predicted octanol–water partition coefficient (Wildman–Crippen LogP) is 3.58. The molecule has 1 atom stereocenters. The first-order valence-corrected chi connectivity index (χ1v) is 8.92. The molecule has 3 N–H and O–H groups in total. The van der Waals surface area contributed by atoms with E-state index in [-0.39, 0.29) is 34.6 Å². The first-order chi connectivity index (χ1) is 14.6. The number of rotatable bonds is 6. The molecule has 31 heavy (non-hydrogen) atoms. The van der Waals surface area contributed by atoms with Gasteiger partial charge in [-0.3, -0.25) is 9.79 Å². The number of anilines is 1. The van der Waals surface area contributed by atoms with Crippen LogP contribution in [0.3, 0.4) is 0 Å². The molecule has 1 aromatic heterocycles. The van der Waals surface area contributed by atoms with Crippen molar-refractivity contribution in [2.45, 2.75) is 18.6 Å². The number of ether oxygens (including phenoxy) is 2. The van der Waals surface area contributed by atoms with Crippen molar-refractivity contribution in [3.8, 4) is 5.75 Å². The number of hydrogen-bond acceptors (Lipinski definition) is 6. The maximum atomic E-state index is 14.4. The Morgan fingerprint density at radius 1 is 1.29 bits per heavy atom. The van der Waals surface area contributed by atoms with Crippen molar-refractivity contribution in [1.29, 1.82) is 0 Å². The lowest BCUT2D eigenvalue weighted by Crippen LogP contribution is -2.45. The van der Waals surface area contributed by atoms with Gasteiger partial charge in [0.15, 0.2) is 5.54 Å². The zero-order valence-corrected chi connectivity index (χ0v) is 16.2. The summed E-state index contributed by atoms with van der Waals surface area (Å²) in [6.07, 6.45) is -2.31. The molecule has 1 amide bonds. The van der Waals surface area contributed by atoms with Crippen molar-refractivity contribution in [1.82, 2.24) is 4.98 Å². The summed E-state index contributed by atoms with van der Waals surface area (Å²) < 4.78 is 75.8. The molecule has 0 fully saturated rings. The number of alkyl halides is 4. The number of carbonyl (C=O) groups is 1. The number of aliphatic imine (C=N–C) groups is 1. The molecule has 3 rings (SSSR count). The van der Waals surface area contributed by atoms with Gasteiger partial charge >= 0.3 is 6.61 Å². The van der Waals surface area contributed by atoms with E-state index in [4.69, 9.17) is 22.1 Å². The Hall–Kier alpha value is -2.99. The molecule has 0 bridgehead atoms. The zero-order valence-electron chi connectivity index (χ0n) is 15.4. The van der Waals surface area contributed by atoms with Crippen molar-refractivity contribution in [3.05, 3.63) is 52.6 Å². The Morgan fingerprint density at radius 3 is 2.65 bits per heavy atom. The molecule has 1 aliphatic rings. The lowest BCUT2D eigenvalue weighted by atomic mass is 9.90. The third-order valence-corrected chi connectivity index (χ3v) is 4.51. The predicted molar refractivity (Wildman–Crippen MR) is 100 cm³/mol. The molecule has 0 spiro atoms. The van der Waals surface area contributed by atoms with Crippen LogP contribution in [0.15, 0.2) is 35.5 Å². The SMILES string of the molecule is NC1=N[C@@](c2cc(NC(=O)c3ncc(OC(F)F)cc3Cl)ccc2F)(C(F)F)COC1. The van der Waals surface area contributed by atoms with Gasteiger partial charge in [0.05, 0.1) is 17.8 Å². The second-order valence-corrected chi connectivity index (χ2v) is 6.76. The molecule has 0 saturated carbocycles. The van der Waals surface area contributed by atoms with Gasteiger partial charge in [-0.15, -0.1) is 0 Å². The minimum Gasteiger partial charge on any atom is -0.433 e. The average molecular weight is 465 g/mol. The van der Waals surface area contributed by atoms with Gasteiger partial charge in [-0.25, -0.2) is 18.2 Å². The lowest BCUT2D eigenvalue weighted by Gasteiger charge is -2.33. The number of nitrogens with zero attached hydrogens (tertiary/aromatic N) is 2. The molecule has 2 aromatic rings. The molecule has 13 heteroatoms. The van der Waals surface area contributed by atoms with Crippen molar-refractivity contribution in [3.63, 3.8) is 0 Å². The van der Waals surface area contributed by atoms with E-state index in [0.717, 1.165) is 30.5 Å². The monoisotopic (exact) mass is 464 g/mol. The Bertz CT molecular complexity index is 1020. The van der Waals surface area contributed by atoms with Crippen LogP contribution in [0.25, 0.3) is 0 Å². The summed E-state index contributed by atoms with van der Waals surface area (Å²) in [5.41, 5.74) is 2.14. The second kappa shape index (κ2) is 9.02. The summed E-state index contributed by atoms with van der Waals surface area (Å²) in [5.74, 6) is -2.51. The van der Waals surface area contributed by atoms with Gasteiger partial charge in [0.1, 0.15) is 29.7 Å². The zero-order chi connectivity index (χ0) is 22.8. The van der Waals surface area contributed by atoms with Crippen LogP contribution in [-0.4, -0.2) is 43.0 Å². The van der Waals surface area contributed by atoms with Gasteiger partial charge in [0.2, 0.25) is 0 Å². The summed E-state index contributed by atoms with van der Waals surface area (Å²) in [4.78, 5) is 19.8. The van der Waals surface area contributed by atoms with Crippen LogP contribution < -0.4 is 15.8 Å². The van der Waals surface area contributed by atoms with Crippen LogP contribution in [0.2, 0.25) is 5.02 Å². The number of benzene rings is 1. The van der Waals surface area contributed by atoms with Crippen LogP contribution in [-0.2, 0) is 10.3 Å². The van der Waals surface area contributed by atoms with E-state index >= 15 is 0 Å². The molecule has 7 nitrogen and oxygen atoms in total. The minimum atomic E-state index is -3.16. The summed E-state index contributed by atoms with van der Waals surface area (Å²) in [5, 5.41) is 2.02. The number of nitrogens with two attached hydrogens (primary N) is 1. The summed E-state index contributed by atoms with van der Waals surface area (Å²) in [7, 11) is 0.